The molecule has 0 aliphatic carbocycles. The van der Waals surface area contributed by atoms with Gasteiger partial charge in [-0.15, -0.1) is 0 Å². The second-order valence-corrected chi connectivity index (χ2v) is 7.17. The first-order chi connectivity index (χ1) is 9.32. The van der Waals surface area contributed by atoms with E-state index < -0.39 is 34.7 Å². The molecule has 2 aliphatic heterocycles. The first-order valence-corrected chi connectivity index (χ1v) is 7.98. The second-order valence-electron chi connectivity index (χ2n) is 5.29. The molecule has 0 aromatic rings. The highest BCUT2D eigenvalue weighted by molar-refractivity contribution is 7.86. The summed E-state index contributed by atoms with van der Waals surface area (Å²) in [6, 6.07) is -1.24. The van der Waals surface area contributed by atoms with E-state index in [0.29, 0.717) is 19.0 Å². The third kappa shape index (κ3) is 2.94. The van der Waals surface area contributed by atoms with Crippen LogP contribution in [0.5, 0.6) is 0 Å². The molecule has 0 aromatic heterocycles. The highest BCUT2D eigenvalue weighted by atomic mass is 32.2. The van der Waals surface area contributed by atoms with Crippen molar-refractivity contribution in [2.75, 3.05) is 26.2 Å². The molecule has 2 fully saturated rings. The summed E-state index contributed by atoms with van der Waals surface area (Å²) in [7, 11) is -3.91. The number of rotatable bonds is 3. The topological polar surface area (TPSA) is 107 Å². The number of piperazine rings is 1. The molecule has 2 heterocycles. The molecule has 2 aliphatic rings. The van der Waals surface area contributed by atoms with Crippen molar-refractivity contribution in [2.45, 2.75) is 25.8 Å². The summed E-state index contributed by atoms with van der Waals surface area (Å²) in [6.45, 7) is 2.16. The normalized spacial score (nSPS) is 27.2. The molecule has 0 bridgehead atoms. The molecular weight excluding hydrogens is 286 g/mol. The summed E-state index contributed by atoms with van der Waals surface area (Å²) in [6.07, 6.45) is 1.49. The first-order valence-electron chi connectivity index (χ1n) is 6.59. The smallest absolute Gasteiger partial charge is 0.323 e. The molecule has 2 rings (SSSR count). The third-order valence-electron chi connectivity index (χ3n) is 3.79. The Morgan fingerprint density at radius 3 is 2.50 bits per heavy atom. The van der Waals surface area contributed by atoms with E-state index in [0.717, 1.165) is 17.1 Å². The van der Waals surface area contributed by atoms with Crippen LogP contribution >= 0.6 is 0 Å². The number of aliphatic carboxylic acids is 1. The maximum atomic E-state index is 12.5. The summed E-state index contributed by atoms with van der Waals surface area (Å²) < 4.78 is 27.1. The van der Waals surface area contributed by atoms with Crippen molar-refractivity contribution in [3.63, 3.8) is 0 Å². The Bertz CT molecular complexity index is 498. The molecule has 1 unspecified atom stereocenters. The monoisotopic (exact) mass is 305 g/mol. The SMILES string of the molecule is CC1CCN(S(=O)(=O)N2CC(=O)NCC2C(=O)O)CC1. The van der Waals surface area contributed by atoms with Gasteiger partial charge in [-0.05, 0) is 18.8 Å². The Hall–Kier alpha value is -1.19. The second kappa shape index (κ2) is 5.66. The summed E-state index contributed by atoms with van der Waals surface area (Å²) in [5.41, 5.74) is 0. The summed E-state index contributed by atoms with van der Waals surface area (Å²) >= 11 is 0. The van der Waals surface area contributed by atoms with Crippen molar-refractivity contribution in [1.82, 2.24) is 13.9 Å². The molecule has 0 saturated carbocycles. The van der Waals surface area contributed by atoms with Crippen molar-refractivity contribution in [1.29, 1.82) is 0 Å². The molecule has 0 spiro atoms. The van der Waals surface area contributed by atoms with Crippen molar-refractivity contribution < 1.29 is 23.1 Å². The van der Waals surface area contributed by atoms with Gasteiger partial charge in [0.1, 0.15) is 6.04 Å². The molecule has 114 valence electrons. The number of carboxylic acids is 1. The van der Waals surface area contributed by atoms with E-state index in [4.69, 9.17) is 5.11 Å². The van der Waals surface area contributed by atoms with E-state index >= 15 is 0 Å². The Balaban J connectivity index is 2.21. The molecule has 0 aromatic carbocycles. The van der Waals surface area contributed by atoms with Crippen LogP contribution < -0.4 is 5.32 Å². The van der Waals surface area contributed by atoms with Crippen LogP contribution in [0, 0.1) is 5.92 Å². The zero-order valence-corrected chi connectivity index (χ0v) is 12.1. The van der Waals surface area contributed by atoms with Crippen molar-refractivity contribution in [3.05, 3.63) is 0 Å². The van der Waals surface area contributed by atoms with E-state index in [-0.39, 0.29) is 6.54 Å². The fraction of sp³-hybridized carbons (Fsp3) is 0.818. The van der Waals surface area contributed by atoms with Crippen LogP contribution in [0.4, 0.5) is 0 Å². The van der Waals surface area contributed by atoms with Gasteiger partial charge in [0.25, 0.3) is 10.2 Å². The lowest BCUT2D eigenvalue weighted by molar-refractivity contribution is -0.143. The van der Waals surface area contributed by atoms with Gasteiger partial charge in [0.05, 0.1) is 6.54 Å². The number of nitrogens with one attached hydrogen (secondary N) is 1. The van der Waals surface area contributed by atoms with Gasteiger partial charge in [-0.2, -0.15) is 17.0 Å². The van der Waals surface area contributed by atoms with Crippen molar-refractivity contribution >= 4 is 22.1 Å². The molecule has 2 saturated heterocycles. The summed E-state index contributed by atoms with van der Waals surface area (Å²) in [5, 5.41) is 11.5. The number of carboxylic acid groups (broad SMARTS) is 1. The minimum Gasteiger partial charge on any atom is -0.480 e. The van der Waals surface area contributed by atoms with E-state index in [1.807, 2.05) is 0 Å². The summed E-state index contributed by atoms with van der Waals surface area (Å²) in [5.74, 6) is -1.27. The van der Waals surface area contributed by atoms with Gasteiger partial charge in [-0.3, -0.25) is 9.59 Å². The van der Waals surface area contributed by atoms with Crippen LogP contribution in [-0.4, -0.2) is 66.2 Å². The highest BCUT2D eigenvalue weighted by Crippen LogP contribution is 2.22. The van der Waals surface area contributed by atoms with Gasteiger partial charge in [-0.25, -0.2) is 0 Å². The number of carbonyl (C=O) groups is 2. The Morgan fingerprint density at radius 2 is 1.95 bits per heavy atom. The molecule has 1 amide bonds. The van der Waals surface area contributed by atoms with E-state index in [1.54, 1.807) is 0 Å². The molecule has 20 heavy (non-hydrogen) atoms. The Kier molecular flexibility index (Phi) is 4.31. The molecular formula is C11H19N3O5S. The van der Waals surface area contributed by atoms with Gasteiger partial charge in [0.2, 0.25) is 5.91 Å². The van der Waals surface area contributed by atoms with E-state index in [9.17, 15) is 18.0 Å². The Labute approximate surface area is 117 Å². The summed E-state index contributed by atoms with van der Waals surface area (Å²) in [4.78, 5) is 22.6. The predicted octanol–water partition coefficient (Wildman–Crippen LogP) is -1.15. The molecule has 2 N–H and O–H groups in total. The predicted molar refractivity (Wildman–Crippen MR) is 70.0 cm³/mol. The molecule has 0 radical (unpaired) electrons. The van der Waals surface area contributed by atoms with Crippen LogP contribution in [0.25, 0.3) is 0 Å². The minimum atomic E-state index is -3.91. The fourth-order valence-electron chi connectivity index (χ4n) is 2.44. The van der Waals surface area contributed by atoms with Crippen molar-refractivity contribution in [3.8, 4) is 0 Å². The average molecular weight is 305 g/mol. The maximum absolute atomic E-state index is 12.5. The first kappa shape index (κ1) is 15.2. The fourth-order valence-corrected chi connectivity index (χ4v) is 4.17. The van der Waals surface area contributed by atoms with Gasteiger partial charge < -0.3 is 10.4 Å². The standard InChI is InChI=1S/C11H19N3O5S/c1-8-2-4-13(5-3-8)20(18,19)14-7-10(15)12-6-9(14)11(16)17/h8-9H,2-7H2,1H3,(H,12,15)(H,16,17). The zero-order valence-electron chi connectivity index (χ0n) is 11.3. The van der Waals surface area contributed by atoms with Crippen LogP contribution in [-0.2, 0) is 19.8 Å². The lowest BCUT2D eigenvalue weighted by Crippen LogP contribution is -2.62. The number of carbonyl (C=O) groups excluding carboxylic acids is 1. The van der Waals surface area contributed by atoms with E-state index in [1.165, 1.54) is 4.31 Å². The zero-order chi connectivity index (χ0) is 14.9. The quantitative estimate of drug-likeness (QED) is 0.684. The number of hydrogen-bond donors (Lipinski definition) is 2. The lowest BCUT2D eigenvalue weighted by Gasteiger charge is -2.37. The molecule has 8 nitrogen and oxygen atoms in total. The van der Waals surface area contributed by atoms with Gasteiger partial charge >= 0.3 is 5.97 Å². The largest absolute Gasteiger partial charge is 0.480 e. The van der Waals surface area contributed by atoms with Gasteiger partial charge in [-0.1, -0.05) is 6.92 Å². The minimum absolute atomic E-state index is 0.197. The van der Waals surface area contributed by atoms with Crippen LogP contribution in [0.15, 0.2) is 0 Å². The number of nitrogens with zero attached hydrogens (tertiary/aromatic N) is 2. The third-order valence-corrected chi connectivity index (χ3v) is 5.78. The van der Waals surface area contributed by atoms with Crippen LogP contribution in [0.2, 0.25) is 0 Å². The van der Waals surface area contributed by atoms with Gasteiger partial charge in [0.15, 0.2) is 0 Å². The van der Waals surface area contributed by atoms with E-state index in [2.05, 4.69) is 12.2 Å². The maximum Gasteiger partial charge on any atom is 0.323 e. The molecule has 1 atom stereocenters. The Morgan fingerprint density at radius 1 is 1.35 bits per heavy atom. The number of amides is 1. The molecule has 9 heteroatoms. The lowest BCUT2D eigenvalue weighted by atomic mass is 10.0. The number of hydrogen-bond acceptors (Lipinski definition) is 4. The van der Waals surface area contributed by atoms with Crippen LogP contribution in [0.3, 0.4) is 0 Å². The van der Waals surface area contributed by atoms with Crippen LogP contribution in [0.1, 0.15) is 19.8 Å². The van der Waals surface area contributed by atoms with Crippen molar-refractivity contribution in [2.24, 2.45) is 5.92 Å². The highest BCUT2D eigenvalue weighted by Gasteiger charge is 2.43. The van der Waals surface area contributed by atoms with Gasteiger partial charge in [0, 0.05) is 19.6 Å². The average Bonchev–Trinajstić information content (AvgIpc) is 2.38. The number of piperidine rings is 1.